The molecule has 20 heavy (non-hydrogen) atoms. The van der Waals surface area contributed by atoms with Gasteiger partial charge < -0.3 is 10.1 Å². The standard InChI is InChI=1S/C18H29NO/c1-3-5-9-16(19-12-4-2)14-18-17-10-7-6-8-15(17)11-13-20-18/h6-8,10,16,18-19H,3-5,9,11-14H2,1-2H3. The van der Waals surface area contributed by atoms with Crippen LogP contribution in [0.5, 0.6) is 0 Å². The Bertz CT molecular complexity index is 383. The van der Waals surface area contributed by atoms with E-state index in [1.54, 1.807) is 0 Å². The maximum Gasteiger partial charge on any atom is 0.0842 e. The van der Waals surface area contributed by atoms with Crippen molar-refractivity contribution in [2.75, 3.05) is 13.2 Å². The maximum atomic E-state index is 6.05. The van der Waals surface area contributed by atoms with Gasteiger partial charge in [-0.05, 0) is 43.4 Å². The molecule has 0 aromatic heterocycles. The zero-order valence-corrected chi connectivity index (χ0v) is 13.0. The lowest BCUT2D eigenvalue weighted by Gasteiger charge is -2.30. The predicted molar refractivity (Wildman–Crippen MR) is 85.1 cm³/mol. The van der Waals surface area contributed by atoms with E-state index in [1.807, 2.05) is 0 Å². The van der Waals surface area contributed by atoms with Gasteiger partial charge in [0.05, 0.1) is 12.7 Å². The largest absolute Gasteiger partial charge is 0.373 e. The molecule has 2 heteroatoms. The molecule has 0 spiro atoms. The van der Waals surface area contributed by atoms with E-state index in [2.05, 4.69) is 43.4 Å². The normalized spacial score (nSPS) is 19.6. The maximum absolute atomic E-state index is 6.05. The minimum Gasteiger partial charge on any atom is -0.373 e. The Morgan fingerprint density at radius 1 is 1.25 bits per heavy atom. The van der Waals surface area contributed by atoms with Gasteiger partial charge in [0.15, 0.2) is 0 Å². The molecule has 1 aromatic rings. The van der Waals surface area contributed by atoms with Crippen LogP contribution in [0.3, 0.4) is 0 Å². The molecule has 0 fully saturated rings. The molecule has 2 atom stereocenters. The lowest BCUT2D eigenvalue weighted by molar-refractivity contribution is 0.0287. The van der Waals surface area contributed by atoms with E-state index in [-0.39, 0.29) is 6.10 Å². The highest BCUT2D eigenvalue weighted by molar-refractivity contribution is 5.31. The quantitative estimate of drug-likeness (QED) is 0.766. The van der Waals surface area contributed by atoms with Gasteiger partial charge in [0, 0.05) is 6.04 Å². The highest BCUT2D eigenvalue weighted by Gasteiger charge is 2.23. The minimum atomic E-state index is 0.283. The first kappa shape index (κ1) is 15.5. The van der Waals surface area contributed by atoms with Crippen LogP contribution in [-0.2, 0) is 11.2 Å². The zero-order chi connectivity index (χ0) is 14.2. The SMILES string of the molecule is CCCCC(CC1OCCc2ccccc21)NCCC. The smallest absolute Gasteiger partial charge is 0.0842 e. The summed E-state index contributed by atoms with van der Waals surface area (Å²) in [6.45, 7) is 6.48. The van der Waals surface area contributed by atoms with Crippen molar-refractivity contribution in [2.24, 2.45) is 0 Å². The number of unbranched alkanes of at least 4 members (excludes halogenated alkanes) is 1. The van der Waals surface area contributed by atoms with Crippen LogP contribution < -0.4 is 5.32 Å². The van der Waals surface area contributed by atoms with E-state index in [0.717, 1.165) is 26.0 Å². The minimum absolute atomic E-state index is 0.283. The molecule has 2 unspecified atom stereocenters. The van der Waals surface area contributed by atoms with Crippen LogP contribution in [-0.4, -0.2) is 19.2 Å². The first-order chi connectivity index (χ1) is 9.85. The molecule has 1 N–H and O–H groups in total. The Hall–Kier alpha value is -0.860. The summed E-state index contributed by atoms with van der Waals surface area (Å²) in [5, 5.41) is 3.70. The zero-order valence-electron chi connectivity index (χ0n) is 13.0. The van der Waals surface area contributed by atoms with E-state index < -0.39 is 0 Å². The average Bonchev–Trinajstić information content (AvgIpc) is 2.50. The molecular formula is C18H29NO. The Kier molecular flexibility index (Phi) is 6.55. The van der Waals surface area contributed by atoms with Crippen LogP contribution in [0, 0.1) is 0 Å². The Morgan fingerprint density at radius 2 is 2.10 bits per heavy atom. The monoisotopic (exact) mass is 275 g/mol. The van der Waals surface area contributed by atoms with Gasteiger partial charge in [-0.1, -0.05) is 51.0 Å². The van der Waals surface area contributed by atoms with Gasteiger partial charge >= 0.3 is 0 Å². The second-order valence-electron chi connectivity index (χ2n) is 5.84. The number of ether oxygens (including phenoxy) is 1. The summed E-state index contributed by atoms with van der Waals surface area (Å²) >= 11 is 0. The summed E-state index contributed by atoms with van der Waals surface area (Å²) in [5.74, 6) is 0. The number of nitrogens with one attached hydrogen (secondary N) is 1. The van der Waals surface area contributed by atoms with Gasteiger partial charge in [-0.3, -0.25) is 0 Å². The van der Waals surface area contributed by atoms with Gasteiger partial charge in [0.25, 0.3) is 0 Å². The van der Waals surface area contributed by atoms with Crippen molar-refractivity contribution >= 4 is 0 Å². The van der Waals surface area contributed by atoms with Crippen LogP contribution in [0.4, 0.5) is 0 Å². The highest BCUT2D eigenvalue weighted by Crippen LogP contribution is 2.31. The van der Waals surface area contributed by atoms with Gasteiger partial charge in [-0.2, -0.15) is 0 Å². The van der Waals surface area contributed by atoms with Crippen molar-refractivity contribution in [3.63, 3.8) is 0 Å². The van der Waals surface area contributed by atoms with Crippen molar-refractivity contribution in [3.8, 4) is 0 Å². The van der Waals surface area contributed by atoms with Gasteiger partial charge in [-0.25, -0.2) is 0 Å². The molecular weight excluding hydrogens is 246 g/mol. The Labute approximate surface area is 123 Å². The van der Waals surface area contributed by atoms with Gasteiger partial charge in [0.2, 0.25) is 0 Å². The fourth-order valence-corrected chi connectivity index (χ4v) is 3.03. The second-order valence-corrected chi connectivity index (χ2v) is 5.84. The second kappa shape index (κ2) is 8.43. The topological polar surface area (TPSA) is 21.3 Å². The van der Waals surface area contributed by atoms with E-state index in [1.165, 1.54) is 36.8 Å². The third-order valence-corrected chi connectivity index (χ3v) is 4.18. The lowest BCUT2D eigenvalue weighted by atomic mass is 9.92. The van der Waals surface area contributed by atoms with Crippen molar-refractivity contribution in [1.29, 1.82) is 0 Å². The summed E-state index contributed by atoms with van der Waals surface area (Å²) in [6.07, 6.45) is 7.49. The van der Waals surface area contributed by atoms with Crippen molar-refractivity contribution in [2.45, 2.75) is 64.5 Å². The molecule has 0 amide bonds. The molecule has 0 radical (unpaired) electrons. The number of rotatable bonds is 8. The number of hydrogen-bond donors (Lipinski definition) is 1. The van der Waals surface area contributed by atoms with Gasteiger partial charge in [-0.15, -0.1) is 0 Å². The molecule has 0 bridgehead atoms. The third kappa shape index (κ3) is 4.32. The highest BCUT2D eigenvalue weighted by atomic mass is 16.5. The van der Waals surface area contributed by atoms with E-state index in [9.17, 15) is 0 Å². The van der Waals surface area contributed by atoms with Crippen molar-refractivity contribution < 1.29 is 4.74 Å². The molecule has 1 aromatic carbocycles. The fourth-order valence-electron chi connectivity index (χ4n) is 3.03. The molecule has 2 nitrogen and oxygen atoms in total. The summed E-state index contributed by atoms with van der Waals surface area (Å²) in [7, 11) is 0. The van der Waals surface area contributed by atoms with Crippen LogP contribution in [0.1, 0.15) is 63.2 Å². The predicted octanol–water partition coefficient (Wildman–Crippen LogP) is 4.25. The molecule has 0 aliphatic carbocycles. The molecule has 0 saturated heterocycles. The lowest BCUT2D eigenvalue weighted by Crippen LogP contribution is -2.33. The molecule has 0 saturated carbocycles. The van der Waals surface area contributed by atoms with E-state index in [0.29, 0.717) is 6.04 Å². The number of hydrogen-bond acceptors (Lipinski definition) is 2. The Morgan fingerprint density at radius 3 is 2.90 bits per heavy atom. The fraction of sp³-hybridized carbons (Fsp3) is 0.667. The van der Waals surface area contributed by atoms with E-state index in [4.69, 9.17) is 4.74 Å². The van der Waals surface area contributed by atoms with Crippen molar-refractivity contribution in [1.82, 2.24) is 5.32 Å². The molecule has 2 rings (SSSR count). The number of benzene rings is 1. The summed E-state index contributed by atoms with van der Waals surface area (Å²) in [6, 6.07) is 9.37. The van der Waals surface area contributed by atoms with Crippen LogP contribution in [0.15, 0.2) is 24.3 Å². The molecule has 1 heterocycles. The van der Waals surface area contributed by atoms with Crippen LogP contribution in [0.2, 0.25) is 0 Å². The first-order valence-electron chi connectivity index (χ1n) is 8.28. The Balaban J connectivity index is 1.99. The number of fused-ring (bicyclic) bond motifs is 1. The molecule has 1 aliphatic rings. The van der Waals surface area contributed by atoms with Crippen LogP contribution >= 0.6 is 0 Å². The first-order valence-corrected chi connectivity index (χ1v) is 8.28. The summed E-state index contributed by atoms with van der Waals surface area (Å²) in [4.78, 5) is 0. The molecule has 112 valence electrons. The summed E-state index contributed by atoms with van der Waals surface area (Å²) < 4.78 is 6.05. The third-order valence-electron chi connectivity index (χ3n) is 4.18. The van der Waals surface area contributed by atoms with Crippen LogP contribution in [0.25, 0.3) is 0 Å². The van der Waals surface area contributed by atoms with Crippen molar-refractivity contribution in [3.05, 3.63) is 35.4 Å². The summed E-state index contributed by atoms with van der Waals surface area (Å²) in [5.41, 5.74) is 2.90. The molecule has 1 aliphatic heterocycles. The van der Waals surface area contributed by atoms with E-state index >= 15 is 0 Å². The average molecular weight is 275 g/mol. The van der Waals surface area contributed by atoms with Gasteiger partial charge in [0.1, 0.15) is 0 Å².